The monoisotopic (exact) mass is 241 g/mol. The fraction of sp³-hybridized carbons (Fsp3) is 0.100. The lowest BCUT2D eigenvalue weighted by Crippen LogP contribution is -2.05. The first-order valence-corrected chi connectivity index (χ1v) is 4.56. The molecule has 0 aliphatic heterocycles. The standard InChI is InChI=1S/C10H6F3N3O/c11-10(12,13)7-1-3-9(4-2-7)16-5-8(6-17)14-15-16/h1-6H. The van der Waals surface area contributed by atoms with Crippen LogP contribution in [0.2, 0.25) is 0 Å². The number of aromatic nitrogens is 3. The number of carbonyl (C=O) groups excluding carboxylic acids is 1. The van der Waals surface area contributed by atoms with Crippen LogP contribution in [0.5, 0.6) is 0 Å². The van der Waals surface area contributed by atoms with E-state index >= 15 is 0 Å². The molecule has 2 aromatic rings. The zero-order chi connectivity index (χ0) is 12.5. The van der Waals surface area contributed by atoms with Crippen molar-refractivity contribution in [1.29, 1.82) is 0 Å². The van der Waals surface area contributed by atoms with Crippen molar-refractivity contribution in [2.24, 2.45) is 0 Å². The number of halogens is 3. The topological polar surface area (TPSA) is 47.8 Å². The van der Waals surface area contributed by atoms with E-state index in [1.807, 2.05) is 0 Å². The summed E-state index contributed by atoms with van der Waals surface area (Å²) in [4.78, 5) is 10.4. The predicted octanol–water partition coefficient (Wildman–Crippen LogP) is 2.10. The van der Waals surface area contributed by atoms with Crippen LogP contribution in [0.3, 0.4) is 0 Å². The number of alkyl halides is 3. The van der Waals surface area contributed by atoms with E-state index in [-0.39, 0.29) is 5.69 Å². The molecule has 88 valence electrons. The highest BCUT2D eigenvalue weighted by atomic mass is 19.4. The van der Waals surface area contributed by atoms with Gasteiger partial charge < -0.3 is 0 Å². The van der Waals surface area contributed by atoms with E-state index in [4.69, 9.17) is 0 Å². The van der Waals surface area contributed by atoms with Gasteiger partial charge in [-0.15, -0.1) is 5.10 Å². The van der Waals surface area contributed by atoms with Crippen molar-refractivity contribution in [3.63, 3.8) is 0 Å². The third kappa shape index (κ3) is 2.32. The van der Waals surface area contributed by atoms with Crippen molar-refractivity contribution in [3.8, 4) is 5.69 Å². The summed E-state index contributed by atoms with van der Waals surface area (Å²) >= 11 is 0. The molecule has 7 heteroatoms. The molecule has 1 heterocycles. The summed E-state index contributed by atoms with van der Waals surface area (Å²) in [6.45, 7) is 0. The minimum Gasteiger partial charge on any atom is -0.296 e. The van der Waals surface area contributed by atoms with Gasteiger partial charge in [-0.1, -0.05) is 5.21 Å². The van der Waals surface area contributed by atoms with Crippen LogP contribution in [0.15, 0.2) is 30.5 Å². The highest BCUT2D eigenvalue weighted by Crippen LogP contribution is 2.29. The van der Waals surface area contributed by atoms with E-state index in [2.05, 4.69) is 10.3 Å². The second kappa shape index (κ2) is 4.00. The average molecular weight is 241 g/mol. The number of nitrogens with zero attached hydrogens (tertiary/aromatic N) is 3. The molecule has 1 aromatic heterocycles. The number of aldehydes is 1. The maximum Gasteiger partial charge on any atom is 0.416 e. The molecule has 0 saturated carbocycles. The summed E-state index contributed by atoms with van der Waals surface area (Å²) in [6.07, 6.45) is -2.53. The molecule has 0 unspecified atom stereocenters. The Morgan fingerprint density at radius 2 is 1.82 bits per heavy atom. The Bertz CT molecular complexity index is 530. The normalized spacial score (nSPS) is 11.5. The van der Waals surface area contributed by atoms with Crippen LogP contribution in [-0.2, 0) is 6.18 Å². The van der Waals surface area contributed by atoms with Crippen molar-refractivity contribution < 1.29 is 18.0 Å². The Balaban J connectivity index is 2.32. The molecule has 17 heavy (non-hydrogen) atoms. The van der Waals surface area contributed by atoms with E-state index in [1.54, 1.807) is 0 Å². The van der Waals surface area contributed by atoms with Crippen LogP contribution < -0.4 is 0 Å². The van der Waals surface area contributed by atoms with Crippen molar-refractivity contribution in [1.82, 2.24) is 15.0 Å². The summed E-state index contributed by atoms with van der Waals surface area (Å²) < 4.78 is 38.1. The Kier molecular flexibility index (Phi) is 2.66. The van der Waals surface area contributed by atoms with Crippen LogP contribution in [0, 0.1) is 0 Å². The van der Waals surface area contributed by atoms with Crippen LogP contribution >= 0.6 is 0 Å². The van der Waals surface area contributed by atoms with Gasteiger partial charge in [0.1, 0.15) is 5.69 Å². The first kappa shape index (κ1) is 11.3. The van der Waals surface area contributed by atoms with Gasteiger partial charge >= 0.3 is 6.18 Å². The molecule has 1 aromatic carbocycles. The van der Waals surface area contributed by atoms with Gasteiger partial charge in [0, 0.05) is 0 Å². The summed E-state index contributed by atoms with van der Waals surface area (Å²) in [5, 5.41) is 7.11. The molecule has 0 amide bonds. The summed E-state index contributed by atoms with van der Waals surface area (Å²) in [6, 6.07) is 4.40. The third-order valence-corrected chi connectivity index (χ3v) is 2.09. The van der Waals surface area contributed by atoms with Crippen molar-refractivity contribution in [2.45, 2.75) is 6.18 Å². The molecule has 4 nitrogen and oxygen atoms in total. The van der Waals surface area contributed by atoms with E-state index in [0.29, 0.717) is 12.0 Å². The molecule has 0 aliphatic rings. The van der Waals surface area contributed by atoms with Gasteiger partial charge in [-0.05, 0) is 24.3 Å². The highest BCUT2D eigenvalue weighted by Gasteiger charge is 2.29. The van der Waals surface area contributed by atoms with Gasteiger partial charge in [-0.2, -0.15) is 13.2 Å². The average Bonchev–Trinajstić information content (AvgIpc) is 2.76. The number of hydrogen-bond acceptors (Lipinski definition) is 3. The van der Waals surface area contributed by atoms with Crippen molar-refractivity contribution in [3.05, 3.63) is 41.7 Å². The van der Waals surface area contributed by atoms with Crippen molar-refractivity contribution >= 4 is 6.29 Å². The lowest BCUT2D eigenvalue weighted by molar-refractivity contribution is -0.137. The van der Waals surface area contributed by atoms with E-state index < -0.39 is 11.7 Å². The molecule has 0 spiro atoms. The SMILES string of the molecule is O=Cc1cn(-c2ccc(C(F)(F)F)cc2)nn1. The molecule has 0 aliphatic carbocycles. The molecule has 0 saturated heterocycles. The Hall–Kier alpha value is -2.18. The Labute approximate surface area is 93.7 Å². The van der Waals surface area contributed by atoms with Gasteiger partial charge in [-0.25, -0.2) is 4.68 Å². The second-order valence-corrected chi connectivity index (χ2v) is 3.25. The highest BCUT2D eigenvalue weighted by molar-refractivity contribution is 5.70. The lowest BCUT2D eigenvalue weighted by Gasteiger charge is -2.06. The summed E-state index contributed by atoms with van der Waals surface area (Å²) in [5.41, 5.74) is -0.222. The fourth-order valence-corrected chi connectivity index (χ4v) is 1.26. The van der Waals surface area contributed by atoms with Crippen molar-refractivity contribution in [2.75, 3.05) is 0 Å². The maximum atomic E-state index is 12.3. The molecule has 0 N–H and O–H groups in total. The molecular weight excluding hydrogens is 235 g/mol. The zero-order valence-corrected chi connectivity index (χ0v) is 8.35. The van der Waals surface area contributed by atoms with Gasteiger partial charge in [-0.3, -0.25) is 4.79 Å². The first-order valence-electron chi connectivity index (χ1n) is 4.56. The van der Waals surface area contributed by atoms with Crippen LogP contribution in [0.4, 0.5) is 13.2 Å². The van der Waals surface area contributed by atoms with Gasteiger partial charge in [0.15, 0.2) is 6.29 Å². The Morgan fingerprint density at radius 1 is 1.18 bits per heavy atom. The molecule has 0 bridgehead atoms. The molecule has 0 radical (unpaired) electrons. The zero-order valence-electron chi connectivity index (χ0n) is 8.35. The number of hydrogen-bond donors (Lipinski definition) is 0. The fourth-order valence-electron chi connectivity index (χ4n) is 1.26. The molecule has 0 fully saturated rings. The second-order valence-electron chi connectivity index (χ2n) is 3.25. The largest absolute Gasteiger partial charge is 0.416 e. The first-order chi connectivity index (χ1) is 8.00. The number of benzene rings is 1. The maximum absolute atomic E-state index is 12.3. The summed E-state index contributed by atoms with van der Waals surface area (Å²) in [5.74, 6) is 0. The summed E-state index contributed by atoms with van der Waals surface area (Å²) in [7, 11) is 0. The minimum atomic E-state index is -4.37. The Morgan fingerprint density at radius 3 is 2.29 bits per heavy atom. The van der Waals surface area contributed by atoms with Gasteiger partial charge in [0.2, 0.25) is 0 Å². The smallest absolute Gasteiger partial charge is 0.296 e. The number of carbonyl (C=O) groups is 1. The van der Waals surface area contributed by atoms with Crippen LogP contribution in [0.25, 0.3) is 5.69 Å². The predicted molar refractivity (Wildman–Crippen MR) is 51.7 cm³/mol. The van der Waals surface area contributed by atoms with Crippen LogP contribution in [0.1, 0.15) is 16.1 Å². The van der Waals surface area contributed by atoms with Gasteiger partial charge in [0.05, 0.1) is 17.4 Å². The van der Waals surface area contributed by atoms with E-state index in [9.17, 15) is 18.0 Å². The molecule has 0 atom stereocenters. The quantitative estimate of drug-likeness (QED) is 0.756. The molecular formula is C10H6F3N3O. The van der Waals surface area contributed by atoms with E-state index in [0.717, 1.165) is 12.1 Å². The van der Waals surface area contributed by atoms with Crippen LogP contribution in [-0.4, -0.2) is 21.3 Å². The van der Waals surface area contributed by atoms with E-state index in [1.165, 1.54) is 23.0 Å². The number of rotatable bonds is 2. The lowest BCUT2D eigenvalue weighted by atomic mass is 10.2. The molecule has 2 rings (SSSR count). The third-order valence-electron chi connectivity index (χ3n) is 2.09. The minimum absolute atomic E-state index is 0.116. The van der Waals surface area contributed by atoms with Gasteiger partial charge in [0.25, 0.3) is 0 Å².